The van der Waals surface area contributed by atoms with Crippen LogP contribution in [0.25, 0.3) is 0 Å². The lowest BCUT2D eigenvalue weighted by Gasteiger charge is -2.02. The first-order valence-electron chi connectivity index (χ1n) is 7.30. The average molecular weight is 403 g/mol. The predicted molar refractivity (Wildman–Crippen MR) is 83.9 cm³/mol. The zero-order valence-electron chi connectivity index (χ0n) is 13.9. The van der Waals surface area contributed by atoms with Gasteiger partial charge in [0.15, 0.2) is 24.8 Å². The summed E-state index contributed by atoms with van der Waals surface area (Å²) in [5.74, 6) is 0. The second-order valence-electron chi connectivity index (χ2n) is 4.86. The number of aromatic nitrogens is 2. The molecule has 0 saturated heterocycles. The third kappa shape index (κ3) is 8.72. The van der Waals surface area contributed by atoms with Crippen molar-refractivity contribution < 1.29 is 53.8 Å². The molecule has 8 nitrogen and oxygen atoms in total. The molecule has 0 radical (unpaired) electrons. The maximum Gasteiger partial charge on any atom is 0.252 e. The molecule has 2 rings (SSSR count). The Bertz CT molecular complexity index is 607. The van der Waals surface area contributed by atoms with Gasteiger partial charge in [-0.2, -0.15) is 9.13 Å². The van der Waals surface area contributed by atoms with E-state index in [0.29, 0.717) is 26.7 Å². The minimum atomic E-state index is 0. The minimum Gasteiger partial charge on any atom is -1.00 e. The van der Waals surface area contributed by atoms with Crippen molar-refractivity contribution >= 4 is 12.4 Å². The summed E-state index contributed by atoms with van der Waals surface area (Å²) in [5.41, 5.74) is 1.62. The number of rotatable bonds is 9. The van der Waals surface area contributed by atoms with Crippen LogP contribution >= 0.6 is 0 Å². The molecule has 0 unspecified atom stereocenters. The molecule has 0 aromatic carbocycles. The Kier molecular flexibility index (Phi) is 12.8. The molecule has 0 fully saturated rings. The summed E-state index contributed by atoms with van der Waals surface area (Å²) < 4.78 is 14.8. The van der Waals surface area contributed by atoms with E-state index >= 15 is 0 Å². The van der Waals surface area contributed by atoms with Crippen molar-refractivity contribution in [2.45, 2.75) is 13.5 Å². The topological polar surface area (TPSA) is 91.4 Å². The third-order valence-corrected chi connectivity index (χ3v) is 3.10. The molecule has 2 heterocycles. The van der Waals surface area contributed by atoms with E-state index in [0.717, 1.165) is 11.1 Å². The molecule has 2 aromatic heterocycles. The summed E-state index contributed by atoms with van der Waals surface area (Å²) >= 11 is 0. The Morgan fingerprint density at radius 3 is 1.38 bits per heavy atom. The number of ether oxygens (including phenoxy) is 2. The van der Waals surface area contributed by atoms with Gasteiger partial charge in [-0.3, -0.25) is 0 Å². The van der Waals surface area contributed by atoms with E-state index < -0.39 is 0 Å². The summed E-state index contributed by atoms with van der Waals surface area (Å²) in [6, 6.07) is 7.28. The van der Waals surface area contributed by atoms with E-state index in [-0.39, 0.29) is 24.8 Å². The summed E-state index contributed by atoms with van der Waals surface area (Å²) in [7, 11) is 0. The maximum absolute atomic E-state index is 8.44. The van der Waals surface area contributed by atoms with Crippen LogP contribution < -0.4 is 33.9 Å². The number of hydrogen-bond donors (Lipinski definition) is 2. The van der Waals surface area contributed by atoms with E-state index in [2.05, 4.69) is 10.3 Å². The molecule has 0 aliphatic rings. The van der Waals surface area contributed by atoms with Crippen LogP contribution in [0.5, 0.6) is 0 Å². The Hall–Kier alpha value is -2.26. The van der Waals surface area contributed by atoms with Crippen LogP contribution in [0.15, 0.2) is 59.4 Å². The fourth-order valence-corrected chi connectivity index (χ4v) is 1.87. The SMILES string of the molecule is O/N=C\c1cc[n+](COCCOC[n+]2ccc(/C=N\O)cc2)cc1.[Cl-].[Cl-]. The molecule has 0 aliphatic heterocycles. The smallest absolute Gasteiger partial charge is 0.252 e. The first-order valence-corrected chi connectivity index (χ1v) is 7.30. The second-order valence-corrected chi connectivity index (χ2v) is 4.86. The highest BCUT2D eigenvalue weighted by atomic mass is 35.5. The van der Waals surface area contributed by atoms with Crippen LogP contribution in [0.1, 0.15) is 11.1 Å². The normalized spacial score (nSPS) is 10.6. The summed E-state index contributed by atoms with van der Waals surface area (Å²) in [4.78, 5) is 0. The molecule has 26 heavy (non-hydrogen) atoms. The van der Waals surface area contributed by atoms with Gasteiger partial charge in [0.05, 0.1) is 25.6 Å². The van der Waals surface area contributed by atoms with Crippen molar-refractivity contribution in [3.63, 3.8) is 0 Å². The Morgan fingerprint density at radius 1 is 0.731 bits per heavy atom. The lowest BCUT2D eigenvalue weighted by molar-refractivity contribution is -0.737. The summed E-state index contributed by atoms with van der Waals surface area (Å²) in [5, 5.41) is 22.8. The van der Waals surface area contributed by atoms with Crippen molar-refractivity contribution in [2.24, 2.45) is 10.3 Å². The minimum absolute atomic E-state index is 0. The van der Waals surface area contributed by atoms with Crippen molar-refractivity contribution in [1.82, 2.24) is 0 Å². The first-order chi connectivity index (χ1) is 11.8. The van der Waals surface area contributed by atoms with Gasteiger partial charge in [0.25, 0.3) is 13.5 Å². The van der Waals surface area contributed by atoms with Gasteiger partial charge >= 0.3 is 0 Å². The van der Waals surface area contributed by atoms with Crippen LogP contribution in [0.4, 0.5) is 0 Å². The van der Waals surface area contributed by atoms with Crippen LogP contribution in [-0.4, -0.2) is 36.1 Å². The van der Waals surface area contributed by atoms with Gasteiger partial charge < -0.3 is 44.7 Å². The number of nitrogens with zero attached hydrogens (tertiary/aromatic N) is 4. The molecule has 10 heteroatoms. The van der Waals surface area contributed by atoms with Crippen molar-refractivity contribution in [2.75, 3.05) is 13.2 Å². The third-order valence-electron chi connectivity index (χ3n) is 3.10. The molecule has 0 atom stereocenters. The van der Waals surface area contributed by atoms with E-state index in [9.17, 15) is 0 Å². The Labute approximate surface area is 163 Å². The highest BCUT2D eigenvalue weighted by Crippen LogP contribution is 1.91. The molecule has 2 aromatic rings. The molecular formula is C16H20Cl2N4O4. The van der Waals surface area contributed by atoms with Gasteiger partial charge in [-0.25, -0.2) is 0 Å². The maximum atomic E-state index is 8.44. The second kappa shape index (κ2) is 14.0. The van der Waals surface area contributed by atoms with Crippen LogP contribution in [-0.2, 0) is 22.9 Å². The lowest BCUT2D eigenvalue weighted by atomic mass is 10.3. The van der Waals surface area contributed by atoms with E-state index in [1.807, 2.05) is 58.2 Å². The monoisotopic (exact) mass is 402 g/mol. The van der Waals surface area contributed by atoms with Crippen molar-refractivity contribution in [3.05, 3.63) is 60.2 Å². The van der Waals surface area contributed by atoms with Gasteiger partial charge in [-0.1, -0.05) is 10.3 Å². The molecule has 0 bridgehead atoms. The Balaban J connectivity index is 0.00000312. The van der Waals surface area contributed by atoms with Crippen LogP contribution in [0.2, 0.25) is 0 Å². The number of oxime groups is 2. The summed E-state index contributed by atoms with van der Waals surface area (Å²) in [6.07, 6.45) is 10.1. The molecule has 0 spiro atoms. The van der Waals surface area contributed by atoms with Crippen molar-refractivity contribution in [1.29, 1.82) is 0 Å². The summed E-state index contributed by atoms with van der Waals surface area (Å²) in [6.45, 7) is 1.79. The fourth-order valence-electron chi connectivity index (χ4n) is 1.87. The van der Waals surface area contributed by atoms with E-state index in [1.54, 1.807) is 0 Å². The number of pyridine rings is 2. The van der Waals surface area contributed by atoms with Gasteiger partial charge in [0.2, 0.25) is 0 Å². The zero-order chi connectivity index (χ0) is 17.0. The molecule has 142 valence electrons. The average Bonchev–Trinajstić information content (AvgIpc) is 2.61. The van der Waals surface area contributed by atoms with Crippen LogP contribution in [0.3, 0.4) is 0 Å². The van der Waals surface area contributed by atoms with E-state index in [4.69, 9.17) is 19.9 Å². The standard InChI is InChI=1S/C16H18N4O4.2ClH/c21-17-11-15-1-5-19(6-2-15)13-23-9-10-24-14-20-7-3-16(4-8-20)12-18-22;;/h1-8,11-12H,9-10,13-14H2;2*1H. The van der Waals surface area contributed by atoms with E-state index in [1.165, 1.54) is 12.4 Å². The molecule has 0 saturated carbocycles. The molecule has 0 aliphatic carbocycles. The quantitative estimate of drug-likeness (QED) is 0.144. The zero-order valence-corrected chi connectivity index (χ0v) is 15.4. The van der Waals surface area contributed by atoms with Crippen LogP contribution in [0, 0.1) is 0 Å². The van der Waals surface area contributed by atoms with Gasteiger partial charge in [0, 0.05) is 35.4 Å². The number of halogens is 2. The fraction of sp³-hybridized carbons (Fsp3) is 0.250. The predicted octanol–water partition coefficient (Wildman–Crippen LogP) is -5.47. The largest absolute Gasteiger partial charge is 1.00 e. The number of hydrogen-bond acceptors (Lipinski definition) is 6. The first kappa shape index (κ1) is 23.7. The van der Waals surface area contributed by atoms with Crippen molar-refractivity contribution in [3.8, 4) is 0 Å². The highest BCUT2D eigenvalue weighted by molar-refractivity contribution is 5.78. The van der Waals surface area contributed by atoms with Gasteiger partial charge in [-0.05, 0) is 0 Å². The Morgan fingerprint density at radius 2 is 1.08 bits per heavy atom. The van der Waals surface area contributed by atoms with Gasteiger partial charge in [-0.15, -0.1) is 0 Å². The van der Waals surface area contributed by atoms with Gasteiger partial charge in [0.1, 0.15) is 0 Å². The molecule has 2 N–H and O–H groups in total. The highest BCUT2D eigenvalue weighted by Gasteiger charge is 2.02. The molecular weight excluding hydrogens is 383 g/mol. The lowest BCUT2D eigenvalue weighted by Crippen LogP contribution is -3.00. The molecule has 0 amide bonds.